The Kier molecular flexibility index (Phi) is 7.50. The van der Waals surface area contributed by atoms with Gasteiger partial charge in [-0.05, 0) is 18.3 Å². The second-order valence-electron chi connectivity index (χ2n) is 3.59. The largest absolute Gasteiger partial charge is 0.465 e. The van der Waals surface area contributed by atoms with Crippen LogP contribution in [0.15, 0.2) is 11.1 Å². The smallest absolute Gasteiger partial charge is 0.324 e. The molecule has 0 radical (unpaired) electrons. The Hall–Kier alpha value is -1.17. The maximum Gasteiger partial charge on any atom is 0.324 e. The standard InChI is InChI=1S/C12H17BrO5/c1-4-17-10(15)12(6-7-14,8-9(3)13)11(16)18-5-2/h7H,3-6,8H2,1-2H3. The lowest BCUT2D eigenvalue weighted by Crippen LogP contribution is -2.42. The Bertz CT molecular complexity index is 319. The molecule has 0 aromatic rings. The third kappa shape index (κ3) is 4.25. The third-order valence-corrected chi connectivity index (χ3v) is 2.54. The SMILES string of the molecule is C=C(Br)CC(CC=O)(C(=O)OCC)C(=O)OCC. The molecule has 5 nitrogen and oxygen atoms in total. The number of allylic oxidation sites excluding steroid dienone is 1. The Morgan fingerprint density at radius 1 is 1.22 bits per heavy atom. The Balaban J connectivity index is 5.38. The van der Waals surface area contributed by atoms with Gasteiger partial charge in [0.2, 0.25) is 0 Å². The molecule has 0 aliphatic heterocycles. The lowest BCUT2D eigenvalue weighted by atomic mass is 9.81. The molecule has 0 saturated heterocycles. The van der Waals surface area contributed by atoms with Crippen LogP contribution in [-0.4, -0.2) is 31.4 Å². The Morgan fingerprint density at radius 3 is 1.94 bits per heavy atom. The van der Waals surface area contributed by atoms with Crippen molar-refractivity contribution in [1.29, 1.82) is 0 Å². The van der Waals surface area contributed by atoms with Crippen molar-refractivity contribution in [2.45, 2.75) is 26.7 Å². The second-order valence-corrected chi connectivity index (χ2v) is 4.71. The number of hydrogen-bond donors (Lipinski definition) is 0. The molecule has 0 unspecified atom stereocenters. The molecule has 0 atom stereocenters. The van der Waals surface area contributed by atoms with Crippen LogP contribution in [0.1, 0.15) is 26.7 Å². The number of rotatable bonds is 8. The first kappa shape index (κ1) is 16.8. The molecule has 0 spiro atoms. The van der Waals surface area contributed by atoms with E-state index >= 15 is 0 Å². The van der Waals surface area contributed by atoms with Gasteiger partial charge in [-0.1, -0.05) is 22.5 Å². The summed E-state index contributed by atoms with van der Waals surface area (Å²) in [5.74, 6) is -1.53. The summed E-state index contributed by atoms with van der Waals surface area (Å²) >= 11 is 3.09. The molecular formula is C12H17BrO5. The van der Waals surface area contributed by atoms with Crippen LogP contribution in [0.5, 0.6) is 0 Å². The van der Waals surface area contributed by atoms with Crippen LogP contribution in [0.4, 0.5) is 0 Å². The van der Waals surface area contributed by atoms with E-state index in [2.05, 4.69) is 22.5 Å². The van der Waals surface area contributed by atoms with E-state index in [1.165, 1.54) is 0 Å². The molecule has 0 bridgehead atoms. The zero-order valence-electron chi connectivity index (χ0n) is 10.5. The molecule has 0 aromatic carbocycles. The summed E-state index contributed by atoms with van der Waals surface area (Å²) in [6.07, 6.45) is 0.169. The third-order valence-electron chi connectivity index (χ3n) is 2.26. The van der Waals surface area contributed by atoms with Crippen LogP contribution in [0.2, 0.25) is 0 Å². The van der Waals surface area contributed by atoms with Crippen LogP contribution >= 0.6 is 15.9 Å². The van der Waals surface area contributed by atoms with Gasteiger partial charge >= 0.3 is 11.9 Å². The number of carbonyl (C=O) groups is 3. The fraction of sp³-hybridized carbons (Fsp3) is 0.583. The highest BCUT2D eigenvalue weighted by molar-refractivity contribution is 9.11. The summed E-state index contributed by atoms with van der Waals surface area (Å²) in [7, 11) is 0. The average Bonchev–Trinajstić information content (AvgIpc) is 2.28. The number of aldehydes is 1. The average molecular weight is 321 g/mol. The highest BCUT2D eigenvalue weighted by Gasteiger charge is 2.48. The summed E-state index contributed by atoms with van der Waals surface area (Å²) < 4.78 is 10.2. The molecule has 0 saturated carbocycles. The number of carbonyl (C=O) groups excluding carboxylic acids is 3. The topological polar surface area (TPSA) is 69.7 Å². The second kappa shape index (κ2) is 8.02. The van der Waals surface area contributed by atoms with Crippen molar-refractivity contribution in [3.63, 3.8) is 0 Å². The van der Waals surface area contributed by atoms with Gasteiger partial charge in [0.15, 0.2) is 5.41 Å². The summed E-state index contributed by atoms with van der Waals surface area (Å²) in [5, 5.41) is 0. The predicted molar refractivity (Wildman–Crippen MR) is 69.1 cm³/mol. The van der Waals surface area contributed by atoms with Crippen molar-refractivity contribution in [1.82, 2.24) is 0 Å². The zero-order chi connectivity index (χ0) is 14.2. The molecule has 0 aliphatic rings. The van der Waals surface area contributed by atoms with E-state index in [1.54, 1.807) is 13.8 Å². The molecule has 0 fully saturated rings. The molecule has 0 N–H and O–H groups in total. The van der Waals surface area contributed by atoms with Gasteiger partial charge in [0.25, 0.3) is 0 Å². The van der Waals surface area contributed by atoms with E-state index in [1.807, 2.05) is 0 Å². The number of esters is 2. The fourth-order valence-corrected chi connectivity index (χ4v) is 1.95. The first-order chi connectivity index (χ1) is 8.44. The first-order valence-electron chi connectivity index (χ1n) is 5.56. The van der Waals surface area contributed by atoms with E-state index in [9.17, 15) is 14.4 Å². The van der Waals surface area contributed by atoms with Crippen LogP contribution in [-0.2, 0) is 23.9 Å². The number of hydrogen-bond acceptors (Lipinski definition) is 5. The quantitative estimate of drug-likeness (QED) is 0.388. The van der Waals surface area contributed by atoms with E-state index in [0.717, 1.165) is 0 Å². The molecular weight excluding hydrogens is 304 g/mol. The maximum atomic E-state index is 12.0. The molecule has 0 aromatic heterocycles. The van der Waals surface area contributed by atoms with E-state index < -0.39 is 17.4 Å². The summed E-state index contributed by atoms with van der Waals surface area (Å²) in [6, 6.07) is 0. The lowest BCUT2D eigenvalue weighted by molar-refractivity contribution is -0.173. The minimum absolute atomic E-state index is 0.0383. The monoisotopic (exact) mass is 320 g/mol. The Labute approximate surface area is 115 Å². The van der Waals surface area contributed by atoms with Crippen molar-refractivity contribution in [2.75, 3.05) is 13.2 Å². The van der Waals surface area contributed by atoms with Crippen molar-refractivity contribution < 1.29 is 23.9 Å². The predicted octanol–water partition coefficient (Wildman–Crippen LogP) is 1.99. The highest BCUT2D eigenvalue weighted by atomic mass is 79.9. The van der Waals surface area contributed by atoms with Crippen LogP contribution in [0.3, 0.4) is 0 Å². The van der Waals surface area contributed by atoms with E-state index in [4.69, 9.17) is 9.47 Å². The summed E-state index contributed by atoms with van der Waals surface area (Å²) in [5.41, 5.74) is -1.64. The maximum absolute atomic E-state index is 12.0. The normalized spacial score (nSPS) is 10.6. The van der Waals surface area contributed by atoms with Crippen LogP contribution in [0, 0.1) is 5.41 Å². The van der Waals surface area contributed by atoms with Gasteiger partial charge in [-0.3, -0.25) is 9.59 Å². The van der Waals surface area contributed by atoms with Crippen molar-refractivity contribution in [3.8, 4) is 0 Å². The molecule has 0 rings (SSSR count). The van der Waals surface area contributed by atoms with Crippen molar-refractivity contribution in [3.05, 3.63) is 11.1 Å². The molecule has 102 valence electrons. The molecule has 6 heteroatoms. The van der Waals surface area contributed by atoms with Gasteiger partial charge in [0.1, 0.15) is 6.29 Å². The Morgan fingerprint density at radius 2 is 1.67 bits per heavy atom. The summed E-state index contributed by atoms with van der Waals surface area (Å²) in [6.45, 7) is 7.08. The molecule has 0 aliphatic carbocycles. The van der Waals surface area contributed by atoms with Crippen molar-refractivity contribution in [2.24, 2.45) is 5.41 Å². The van der Waals surface area contributed by atoms with Gasteiger partial charge in [-0.25, -0.2) is 0 Å². The number of halogens is 1. The van der Waals surface area contributed by atoms with Crippen LogP contribution < -0.4 is 0 Å². The first-order valence-corrected chi connectivity index (χ1v) is 6.35. The highest BCUT2D eigenvalue weighted by Crippen LogP contribution is 2.34. The lowest BCUT2D eigenvalue weighted by Gasteiger charge is -2.26. The summed E-state index contributed by atoms with van der Waals surface area (Å²) in [4.78, 5) is 34.7. The molecule has 18 heavy (non-hydrogen) atoms. The minimum Gasteiger partial charge on any atom is -0.465 e. The molecule has 0 heterocycles. The minimum atomic E-state index is -1.64. The van der Waals surface area contributed by atoms with Crippen molar-refractivity contribution >= 4 is 34.2 Å². The van der Waals surface area contributed by atoms with Gasteiger partial charge in [-0.15, -0.1) is 0 Å². The van der Waals surface area contributed by atoms with Gasteiger partial charge in [-0.2, -0.15) is 0 Å². The zero-order valence-corrected chi connectivity index (χ0v) is 12.1. The van der Waals surface area contributed by atoms with E-state index in [0.29, 0.717) is 10.8 Å². The van der Waals surface area contributed by atoms with Gasteiger partial charge in [0, 0.05) is 12.8 Å². The van der Waals surface area contributed by atoms with Gasteiger partial charge < -0.3 is 14.3 Å². The number of ether oxygens (including phenoxy) is 2. The molecule has 0 amide bonds. The fourth-order valence-electron chi connectivity index (χ4n) is 1.47. The van der Waals surface area contributed by atoms with E-state index in [-0.39, 0.29) is 26.1 Å². The van der Waals surface area contributed by atoms with Gasteiger partial charge in [0.05, 0.1) is 13.2 Å². The van der Waals surface area contributed by atoms with Crippen LogP contribution in [0.25, 0.3) is 0 Å².